The first-order chi connectivity index (χ1) is 8.39. The highest BCUT2D eigenvalue weighted by Crippen LogP contribution is 2.37. The summed E-state index contributed by atoms with van der Waals surface area (Å²) in [5.74, 6) is 1.52. The van der Waals surface area contributed by atoms with Crippen molar-refractivity contribution in [3.63, 3.8) is 0 Å². The van der Waals surface area contributed by atoms with Crippen molar-refractivity contribution in [3.8, 4) is 0 Å². The van der Waals surface area contributed by atoms with E-state index in [1.165, 1.54) is 17.5 Å². The molecular formula is C16H24ClN. The van der Waals surface area contributed by atoms with Gasteiger partial charge in [0.2, 0.25) is 0 Å². The number of hydrogen-bond acceptors (Lipinski definition) is 1. The second-order valence-corrected chi connectivity index (χ2v) is 6.74. The van der Waals surface area contributed by atoms with Gasteiger partial charge in [-0.15, -0.1) is 0 Å². The van der Waals surface area contributed by atoms with Crippen LogP contribution in [0.15, 0.2) is 18.2 Å². The zero-order valence-electron chi connectivity index (χ0n) is 11.7. The van der Waals surface area contributed by atoms with E-state index in [1.807, 2.05) is 6.07 Å². The monoisotopic (exact) mass is 265 g/mol. The molecule has 100 valence electrons. The van der Waals surface area contributed by atoms with Crippen LogP contribution in [-0.4, -0.2) is 5.54 Å². The van der Waals surface area contributed by atoms with Crippen molar-refractivity contribution in [2.75, 3.05) is 0 Å². The molecule has 18 heavy (non-hydrogen) atoms. The molecule has 0 amide bonds. The lowest BCUT2D eigenvalue weighted by molar-refractivity contribution is 0.176. The first-order valence-electron chi connectivity index (χ1n) is 6.93. The lowest BCUT2D eigenvalue weighted by atomic mass is 9.69. The first-order valence-corrected chi connectivity index (χ1v) is 7.31. The summed E-state index contributed by atoms with van der Waals surface area (Å²) in [5, 5.41) is 0.867. The average Bonchev–Trinajstić information content (AvgIpc) is 2.28. The van der Waals surface area contributed by atoms with E-state index in [2.05, 4.69) is 32.9 Å². The Balaban J connectivity index is 2.13. The molecule has 0 bridgehead atoms. The number of aryl methyl sites for hydroxylation is 1. The molecule has 1 aromatic carbocycles. The van der Waals surface area contributed by atoms with Crippen LogP contribution >= 0.6 is 11.6 Å². The maximum atomic E-state index is 6.59. The van der Waals surface area contributed by atoms with Crippen LogP contribution in [-0.2, 0) is 6.42 Å². The number of halogens is 1. The molecule has 1 aromatic rings. The first kappa shape index (κ1) is 13.9. The Hall–Kier alpha value is -0.530. The van der Waals surface area contributed by atoms with E-state index in [1.54, 1.807) is 0 Å². The van der Waals surface area contributed by atoms with Crippen LogP contribution in [0.5, 0.6) is 0 Å². The Kier molecular flexibility index (Phi) is 4.03. The van der Waals surface area contributed by atoms with Crippen LogP contribution in [0.2, 0.25) is 5.02 Å². The van der Waals surface area contributed by atoms with E-state index in [4.69, 9.17) is 17.3 Å². The molecule has 2 N–H and O–H groups in total. The summed E-state index contributed by atoms with van der Waals surface area (Å²) in [4.78, 5) is 0. The minimum absolute atomic E-state index is 0.0647. The summed E-state index contributed by atoms with van der Waals surface area (Å²) < 4.78 is 0. The molecule has 0 spiro atoms. The average molecular weight is 266 g/mol. The van der Waals surface area contributed by atoms with Gasteiger partial charge in [-0.1, -0.05) is 37.6 Å². The maximum Gasteiger partial charge on any atom is 0.0441 e. The lowest BCUT2D eigenvalue weighted by Gasteiger charge is -2.40. The molecule has 1 nitrogen and oxygen atoms in total. The minimum atomic E-state index is -0.0647. The third kappa shape index (κ3) is 3.07. The van der Waals surface area contributed by atoms with Gasteiger partial charge in [0.25, 0.3) is 0 Å². The van der Waals surface area contributed by atoms with Gasteiger partial charge in [-0.05, 0) is 61.6 Å². The van der Waals surface area contributed by atoms with Crippen LogP contribution in [0.1, 0.15) is 44.2 Å². The highest BCUT2D eigenvalue weighted by atomic mass is 35.5. The van der Waals surface area contributed by atoms with Crippen molar-refractivity contribution in [1.29, 1.82) is 0 Å². The maximum absolute atomic E-state index is 6.59. The molecule has 1 aliphatic rings. The molecule has 0 aliphatic heterocycles. The Morgan fingerprint density at radius 1 is 1.33 bits per heavy atom. The third-order valence-corrected chi connectivity index (χ3v) is 4.90. The lowest BCUT2D eigenvalue weighted by Crippen LogP contribution is -2.47. The van der Waals surface area contributed by atoms with Gasteiger partial charge in [-0.2, -0.15) is 0 Å². The van der Waals surface area contributed by atoms with Gasteiger partial charge < -0.3 is 5.73 Å². The summed E-state index contributed by atoms with van der Waals surface area (Å²) in [6.45, 7) is 6.73. The Morgan fingerprint density at radius 2 is 2.06 bits per heavy atom. The van der Waals surface area contributed by atoms with E-state index in [9.17, 15) is 0 Å². The largest absolute Gasteiger partial charge is 0.325 e. The second-order valence-electron chi connectivity index (χ2n) is 6.33. The Bertz CT molecular complexity index is 429. The summed E-state index contributed by atoms with van der Waals surface area (Å²) in [6.07, 6.45) is 4.37. The van der Waals surface area contributed by atoms with E-state index >= 15 is 0 Å². The molecule has 0 aromatic heterocycles. The Morgan fingerprint density at radius 3 is 2.67 bits per heavy atom. The molecule has 2 rings (SSSR count). The van der Waals surface area contributed by atoms with Crippen LogP contribution in [0.3, 0.4) is 0 Å². The Labute approximate surface area is 116 Å². The zero-order valence-corrected chi connectivity index (χ0v) is 12.4. The summed E-state index contributed by atoms with van der Waals surface area (Å²) in [7, 11) is 0. The van der Waals surface area contributed by atoms with Crippen molar-refractivity contribution in [2.45, 2.75) is 52.0 Å². The second kappa shape index (κ2) is 5.22. The van der Waals surface area contributed by atoms with Gasteiger partial charge in [0, 0.05) is 10.6 Å². The fraction of sp³-hybridized carbons (Fsp3) is 0.625. The van der Waals surface area contributed by atoms with Crippen LogP contribution in [0.25, 0.3) is 0 Å². The molecule has 0 saturated heterocycles. The molecule has 0 heterocycles. The number of rotatable bonds is 2. The summed E-state index contributed by atoms with van der Waals surface area (Å²) >= 11 is 6.32. The fourth-order valence-electron chi connectivity index (χ4n) is 3.08. The highest BCUT2D eigenvalue weighted by Gasteiger charge is 2.34. The molecular weight excluding hydrogens is 242 g/mol. The summed E-state index contributed by atoms with van der Waals surface area (Å²) in [5.41, 5.74) is 8.94. The molecule has 0 radical (unpaired) electrons. The normalized spacial score (nSPS) is 32.5. The molecule has 2 heteroatoms. The molecule has 3 atom stereocenters. The van der Waals surface area contributed by atoms with Gasteiger partial charge in [0.05, 0.1) is 0 Å². The third-order valence-electron chi connectivity index (χ3n) is 4.55. The van der Waals surface area contributed by atoms with Crippen molar-refractivity contribution in [2.24, 2.45) is 17.6 Å². The fourth-order valence-corrected chi connectivity index (χ4v) is 3.38. The topological polar surface area (TPSA) is 26.0 Å². The van der Waals surface area contributed by atoms with Crippen molar-refractivity contribution < 1.29 is 0 Å². The molecule has 1 saturated carbocycles. The van der Waals surface area contributed by atoms with Crippen molar-refractivity contribution in [3.05, 3.63) is 34.3 Å². The molecule has 3 unspecified atom stereocenters. The smallest absolute Gasteiger partial charge is 0.0441 e. The van der Waals surface area contributed by atoms with Gasteiger partial charge >= 0.3 is 0 Å². The van der Waals surface area contributed by atoms with E-state index in [0.717, 1.165) is 30.2 Å². The minimum Gasteiger partial charge on any atom is -0.325 e. The van der Waals surface area contributed by atoms with Gasteiger partial charge in [0.1, 0.15) is 0 Å². The van der Waals surface area contributed by atoms with Gasteiger partial charge in [0.15, 0.2) is 0 Å². The summed E-state index contributed by atoms with van der Waals surface area (Å²) in [6, 6.07) is 6.30. The van der Waals surface area contributed by atoms with Crippen molar-refractivity contribution >= 4 is 11.6 Å². The number of benzene rings is 1. The van der Waals surface area contributed by atoms with E-state index in [0.29, 0.717) is 5.92 Å². The quantitative estimate of drug-likeness (QED) is 0.846. The predicted molar refractivity (Wildman–Crippen MR) is 79.0 cm³/mol. The highest BCUT2D eigenvalue weighted by molar-refractivity contribution is 6.31. The standard InChI is InChI=1S/C16H24ClN/c1-11-4-5-14(15(17)8-11)10-16(18)7-6-12(2)13(3)9-16/h4-5,8,12-13H,6-7,9-10,18H2,1-3H3. The predicted octanol–water partition coefficient (Wildman–Crippen LogP) is 4.34. The number of nitrogens with two attached hydrogens (primary N) is 1. The molecule has 1 fully saturated rings. The van der Waals surface area contributed by atoms with Crippen LogP contribution < -0.4 is 5.73 Å². The van der Waals surface area contributed by atoms with Crippen LogP contribution in [0, 0.1) is 18.8 Å². The zero-order chi connectivity index (χ0) is 13.3. The van der Waals surface area contributed by atoms with E-state index in [-0.39, 0.29) is 5.54 Å². The SMILES string of the molecule is Cc1ccc(CC2(N)CCC(C)C(C)C2)c(Cl)c1. The van der Waals surface area contributed by atoms with Gasteiger partial charge in [-0.25, -0.2) is 0 Å². The van der Waals surface area contributed by atoms with Crippen molar-refractivity contribution in [1.82, 2.24) is 0 Å². The number of hydrogen-bond donors (Lipinski definition) is 1. The molecule has 1 aliphatic carbocycles. The van der Waals surface area contributed by atoms with Crippen LogP contribution in [0.4, 0.5) is 0 Å². The van der Waals surface area contributed by atoms with Gasteiger partial charge in [-0.3, -0.25) is 0 Å². The van der Waals surface area contributed by atoms with E-state index < -0.39 is 0 Å².